The van der Waals surface area contributed by atoms with Crippen molar-refractivity contribution in [3.05, 3.63) is 26.7 Å². The first-order chi connectivity index (χ1) is 12.4. The SMILES string of the molecule is Cc1csc(Cl)c1C(=O)N(C)CCN(C)C(=O)C1CCc2nnnn2C1. The van der Waals surface area contributed by atoms with Crippen molar-refractivity contribution >= 4 is 34.8 Å². The number of carbonyl (C=O) groups excluding carboxylic acids is 2. The Bertz CT molecular complexity index is 800. The van der Waals surface area contributed by atoms with E-state index in [4.69, 9.17) is 11.6 Å². The normalized spacial score (nSPS) is 16.2. The van der Waals surface area contributed by atoms with Crippen molar-refractivity contribution in [1.82, 2.24) is 30.0 Å². The van der Waals surface area contributed by atoms with Crippen molar-refractivity contribution in [3.8, 4) is 0 Å². The summed E-state index contributed by atoms with van der Waals surface area (Å²) in [5.41, 5.74) is 1.42. The van der Waals surface area contributed by atoms with Gasteiger partial charge < -0.3 is 9.80 Å². The van der Waals surface area contributed by atoms with Gasteiger partial charge in [0.1, 0.15) is 4.34 Å². The zero-order valence-corrected chi connectivity index (χ0v) is 16.5. The molecule has 3 heterocycles. The lowest BCUT2D eigenvalue weighted by molar-refractivity contribution is -0.135. The van der Waals surface area contributed by atoms with Crippen LogP contribution in [0.3, 0.4) is 0 Å². The van der Waals surface area contributed by atoms with E-state index in [0.717, 1.165) is 17.8 Å². The molecule has 0 bridgehead atoms. The average Bonchev–Trinajstić information content (AvgIpc) is 3.23. The second kappa shape index (κ2) is 7.71. The predicted octanol–water partition coefficient (Wildman–Crippen LogP) is 1.49. The molecule has 26 heavy (non-hydrogen) atoms. The maximum absolute atomic E-state index is 12.7. The Labute approximate surface area is 160 Å². The molecule has 0 aliphatic carbocycles. The van der Waals surface area contributed by atoms with E-state index in [2.05, 4.69) is 15.5 Å². The number of aromatic nitrogens is 4. The topological polar surface area (TPSA) is 84.2 Å². The van der Waals surface area contributed by atoms with Crippen molar-refractivity contribution in [3.63, 3.8) is 0 Å². The molecule has 0 N–H and O–H groups in total. The summed E-state index contributed by atoms with van der Waals surface area (Å²) in [4.78, 5) is 28.5. The molecule has 8 nitrogen and oxygen atoms in total. The number of amides is 2. The first-order valence-electron chi connectivity index (χ1n) is 8.37. The van der Waals surface area contributed by atoms with Crippen LogP contribution in [-0.2, 0) is 17.8 Å². The summed E-state index contributed by atoms with van der Waals surface area (Å²) >= 11 is 7.47. The highest BCUT2D eigenvalue weighted by atomic mass is 35.5. The third kappa shape index (κ3) is 3.73. The van der Waals surface area contributed by atoms with Crippen LogP contribution in [0.2, 0.25) is 4.34 Å². The molecule has 0 saturated heterocycles. The molecule has 2 aromatic rings. The number of fused-ring (bicyclic) bond motifs is 1. The summed E-state index contributed by atoms with van der Waals surface area (Å²) < 4.78 is 2.19. The van der Waals surface area contributed by atoms with E-state index in [1.54, 1.807) is 28.6 Å². The molecule has 2 amide bonds. The van der Waals surface area contributed by atoms with E-state index in [9.17, 15) is 9.59 Å². The molecular weight excluding hydrogens is 376 g/mol. The van der Waals surface area contributed by atoms with Gasteiger partial charge in [-0.3, -0.25) is 9.59 Å². The number of rotatable bonds is 5. The van der Waals surface area contributed by atoms with Gasteiger partial charge in [0.25, 0.3) is 5.91 Å². The van der Waals surface area contributed by atoms with E-state index in [0.29, 0.717) is 36.0 Å². The molecule has 3 rings (SSSR count). The Hall–Kier alpha value is -2.00. The number of hydrogen-bond donors (Lipinski definition) is 0. The summed E-state index contributed by atoms with van der Waals surface area (Å²) in [7, 11) is 3.49. The zero-order valence-electron chi connectivity index (χ0n) is 15.0. The van der Waals surface area contributed by atoms with Gasteiger partial charge in [0.05, 0.1) is 18.0 Å². The van der Waals surface area contributed by atoms with Crippen LogP contribution in [0.5, 0.6) is 0 Å². The van der Waals surface area contributed by atoms with Gasteiger partial charge in [-0.2, -0.15) is 0 Å². The van der Waals surface area contributed by atoms with Gasteiger partial charge in [0.15, 0.2) is 5.82 Å². The Balaban J connectivity index is 1.54. The minimum Gasteiger partial charge on any atom is -0.344 e. The Morgan fingerprint density at radius 3 is 2.77 bits per heavy atom. The fraction of sp³-hybridized carbons (Fsp3) is 0.562. The van der Waals surface area contributed by atoms with Gasteiger partial charge in [-0.25, -0.2) is 4.68 Å². The average molecular weight is 397 g/mol. The Morgan fingerprint density at radius 1 is 1.35 bits per heavy atom. The summed E-state index contributed by atoms with van der Waals surface area (Å²) in [6, 6.07) is 0. The number of tetrazole rings is 1. The molecule has 1 unspecified atom stereocenters. The highest BCUT2D eigenvalue weighted by Gasteiger charge is 2.29. The first-order valence-corrected chi connectivity index (χ1v) is 9.63. The largest absolute Gasteiger partial charge is 0.344 e. The van der Waals surface area contributed by atoms with Crippen LogP contribution in [0.4, 0.5) is 0 Å². The molecule has 1 aliphatic rings. The number of aryl methyl sites for hydroxylation is 2. The third-order valence-electron chi connectivity index (χ3n) is 4.70. The van der Waals surface area contributed by atoms with Crippen molar-refractivity contribution < 1.29 is 9.59 Å². The van der Waals surface area contributed by atoms with Crippen LogP contribution in [0, 0.1) is 12.8 Å². The molecule has 0 fully saturated rings. The predicted molar refractivity (Wildman–Crippen MR) is 98.3 cm³/mol. The minimum atomic E-state index is -0.134. The summed E-state index contributed by atoms with van der Waals surface area (Å²) in [6.45, 7) is 3.27. The number of nitrogens with zero attached hydrogens (tertiary/aromatic N) is 6. The minimum absolute atomic E-state index is 0.0525. The molecular formula is C16H21ClN6O2S. The fourth-order valence-electron chi connectivity index (χ4n) is 3.03. The van der Waals surface area contributed by atoms with Crippen LogP contribution >= 0.6 is 22.9 Å². The van der Waals surface area contributed by atoms with Gasteiger partial charge in [-0.05, 0) is 34.7 Å². The van der Waals surface area contributed by atoms with E-state index in [-0.39, 0.29) is 17.7 Å². The molecule has 0 spiro atoms. The van der Waals surface area contributed by atoms with Gasteiger partial charge in [-0.1, -0.05) is 11.6 Å². The van der Waals surface area contributed by atoms with Crippen LogP contribution in [-0.4, -0.2) is 69.0 Å². The lowest BCUT2D eigenvalue weighted by Crippen LogP contribution is -2.42. The lowest BCUT2D eigenvalue weighted by atomic mass is 9.98. The quantitative estimate of drug-likeness (QED) is 0.764. The number of likely N-dealkylation sites (N-methyl/N-ethyl adjacent to an activating group) is 2. The molecule has 0 radical (unpaired) electrons. The number of hydrogen-bond acceptors (Lipinski definition) is 6. The highest BCUT2D eigenvalue weighted by molar-refractivity contribution is 7.15. The van der Waals surface area contributed by atoms with Crippen molar-refractivity contribution in [1.29, 1.82) is 0 Å². The molecule has 1 aliphatic heterocycles. The molecule has 140 valence electrons. The van der Waals surface area contributed by atoms with E-state index >= 15 is 0 Å². The molecule has 2 aromatic heterocycles. The van der Waals surface area contributed by atoms with E-state index in [1.807, 2.05) is 12.3 Å². The maximum atomic E-state index is 12.7. The monoisotopic (exact) mass is 396 g/mol. The van der Waals surface area contributed by atoms with Crippen molar-refractivity contribution in [2.75, 3.05) is 27.2 Å². The molecule has 0 aromatic carbocycles. The van der Waals surface area contributed by atoms with Gasteiger partial charge in [0.2, 0.25) is 5.91 Å². The van der Waals surface area contributed by atoms with Crippen LogP contribution in [0.15, 0.2) is 5.38 Å². The summed E-state index contributed by atoms with van der Waals surface area (Å²) in [5, 5.41) is 13.4. The number of halogens is 1. The number of thiophene rings is 1. The first kappa shape index (κ1) is 18.8. The molecule has 1 atom stereocenters. The standard InChI is InChI=1S/C16H21ClN6O2S/c1-10-9-26-14(17)13(10)16(25)22(3)7-6-21(2)15(24)11-4-5-12-18-19-20-23(12)8-11/h9,11H,4-8H2,1-3H3. The van der Waals surface area contributed by atoms with Gasteiger partial charge in [-0.15, -0.1) is 16.4 Å². The number of carbonyl (C=O) groups is 2. The second-order valence-electron chi connectivity index (χ2n) is 6.57. The van der Waals surface area contributed by atoms with E-state index < -0.39 is 0 Å². The molecule has 10 heteroatoms. The smallest absolute Gasteiger partial charge is 0.256 e. The van der Waals surface area contributed by atoms with Gasteiger partial charge >= 0.3 is 0 Å². The Kier molecular flexibility index (Phi) is 5.57. The van der Waals surface area contributed by atoms with Crippen LogP contribution in [0.1, 0.15) is 28.2 Å². The lowest BCUT2D eigenvalue weighted by Gasteiger charge is -2.28. The summed E-state index contributed by atoms with van der Waals surface area (Å²) in [6.07, 6.45) is 1.44. The second-order valence-corrected chi connectivity index (χ2v) is 8.05. The maximum Gasteiger partial charge on any atom is 0.256 e. The van der Waals surface area contributed by atoms with Crippen LogP contribution in [0.25, 0.3) is 0 Å². The van der Waals surface area contributed by atoms with Gasteiger partial charge in [0, 0.05) is 33.6 Å². The van der Waals surface area contributed by atoms with Crippen LogP contribution < -0.4 is 0 Å². The third-order valence-corrected chi connectivity index (χ3v) is 6.04. The molecule has 0 saturated carbocycles. The zero-order chi connectivity index (χ0) is 18.8. The van der Waals surface area contributed by atoms with E-state index in [1.165, 1.54) is 11.3 Å². The Morgan fingerprint density at radius 2 is 2.08 bits per heavy atom. The highest BCUT2D eigenvalue weighted by Crippen LogP contribution is 2.28. The fourth-order valence-corrected chi connectivity index (χ4v) is 4.16. The summed E-state index contributed by atoms with van der Waals surface area (Å²) in [5.74, 6) is 0.623. The van der Waals surface area contributed by atoms with Crippen molar-refractivity contribution in [2.45, 2.75) is 26.3 Å². The van der Waals surface area contributed by atoms with Crippen molar-refractivity contribution in [2.24, 2.45) is 5.92 Å².